The van der Waals surface area contributed by atoms with Crippen molar-refractivity contribution in [2.75, 3.05) is 30.0 Å². The van der Waals surface area contributed by atoms with Crippen LogP contribution in [0.3, 0.4) is 0 Å². The summed E-state index contributed by atoms with van der Waals surface area (Å²) in [5.41, 5.74) is -0.102. The predicted molar refractivity (Wildman–Crippen MR) is 87.4 cm³/mol. The predicted octanol–water partition coefficient (Wildman–Crippen LogP) is 2.64. The summed E-state index contributed by atoms with van der Waals surface area (Å²) in [6, 6.07) is 1.18. The number of nitro groups is 1. The van der Waals surface area contributed by atoms with Crippen LogP contribution in [-0.2, 0) is 9.84 Å². The average molecular weight is 350 g/mol. The third kappa shape index (κ3) is 3.70. The highest BCUT2D eigenvalue weighted by Crippen LogP contribution is 2.41. The third-order valence-corrected chi connectivity index (χ3v) is 7.88. The SMILES string of the molecule is CC(C)C1CN(c2sc(S(C)(=O)=O)cc2[N+](=O)[O-])CCS1. The zero-order valence-electron chi connectivity index (χ0n) is 12.1. The van der Waals surface area contributed by atoms with Crippen LogP contribution in [0.1, 0.15) is 13.8 Å². The molecule has 0 amide bonds. The van der Waals surface area contributed by atoms with Crippen LogP contribution >= 0.6 is 23.1 Å². The Kier molecular flexibility index (Phi) is 4.84. The number of nitrogens with zero attached hydrogens (tertiary/aromatic N) is 2. The van der Waals surface area contributed by atoms with E-state index in [1.165, 1.54) is 6.07 Å². The summed E-state index contributed by atoms with van der Waals surface area (Å²) in [5, 5.41) is 12.1. The van der Waals surface area contributed by atoms with Crippen molar-refractivity contribution in [2.45, 2.75) is 23.3 Å². The monoisotopic (exact) mass is 350 g/mol. The Balaban J connectivity index is 2.38. The largest absolute Gasteiger partial charge is 0.356 e. The molecule has 0 N–H and O–H groups in total. The number of hydrogen-bond acceptors (Lipinski definition) is 7. The number of rotatable bonds is 4. The van der Waals surface area contributed by atoms with Crippen molar-refractivity contribution >= 4 is 43.6 Å². The second-order valence-corrected chi connectivity index (χ2v) is 10.0. The number of hydrogen-bond donors (Lipinski definition) is 0. The van der Waals surface area contributed by atoms with E-state index in [2.05, 4.69) is 13.8 Å². The van der Waals surface area contributed by atoms with Gasteiger partial charge < -0.3 is 4.90 Å². The minimum absolute atomic E-state index is 0.0588. The van der Waals surface area contributed by atoms with Gasteiger partial charge in [-0.2, -0.15) is 11.8 Å². The molecule has 0 bridgehead atoms. The molecule has 0 saturated carbocycles. The zero-order chi connectivity index (χ0) is 15.8. The number of sulfone groups is 1. The molecule has 1 aliphatic heterocycles. The van der Waals surface area contributed by atoms with E-state index in [0.717, 1.165) is 23.3 Å². The van der Waals surface area contributed by atoms with Gasteiger partial charge in [0, 0.05) is 36.4 Å². The lowest BCUT2D eigenvalue weighted by atomic mass is 10.1. The number of thioether (sulfide) groups is 1. The summed E-state index contributed by atoms with van der Waals surface area (Å²) < 4.78 is 23.3. The van der Waals surface area contributed by atoms with Gasteiger partial charge in [0.1, 0.15) is 4.21 Å². The van der Waals surface area contributed by atoms with E-state index in [1.54, 1.807) is 0 Å². The molecule has 0 spiro atoms. The molecule has 1 aromatic heterocycles. The Labute approximate surface area is 132 Å². The molecule has 0 aliphatic carbocycles. The van der Waals surface area contributed by atoms with Gasteiger partial charge in [0.05, 0.1) is 4.92 Å². The van der Waals surface area contributed by atoms with Crippen LogP contribution in [0.4, 0.5) is 10.7 Å². The molecule has 118 valence electrons. The van der Waals surface area contributed by atoms with E-state index in [-0.39, 0.29) is 9.90 Å². The second-order valence-electron chi connectivity index (χ2n) is 5.38. The highest BCUT2D eigenvalue weighted by Gasteiger charge is 2.31. The molecule has 2 rings (SSSR count). The summed E-state index contributed by atoms with van der Waals surface area (Å²) in [4.78, 5) is 12.7. The van der Waals surface area contributed by atoms with Crippen molar-refractivity contribution in [3.63, 3.8) is 0 Å². The minimum atomic E-state index is -3.42. The van der Waals surface area contributed by atoms with Crippen LogP contribution in [0.25, 0.3) is 0 Å². The van der Waals surface area contributed by atoms with E-state index in [0.29, 0.717) is 29.3 Å². The van der Waals surface area contributed by atoms with E-state index >= 15 is 0 Å². The molecule has 1 fully saturated rings. The van der Waals surface area contributed by atoms with Crippen molar-refractivity contribution in [2.24, 2.45) is 5.92 Å². The summed E-state index contributed by atoms with van der Waals surface area (Å²) in [6.45, 7) is 5.68. The average Bonchev–Trinajstić information content (AvgIpc) is 2.84. The summed E-state index contributed by atoms with van der Waals surface area (Å²) >= 11 is 2.87. The van der Waals surface area contributed by atoms with Crippen LogP contribution in [0.15, 0.2) is 10.3 Å². The van der Waals surface area contributed by atoms with Gasteiger partial charge >= 0.3 is 5.69 Å². The lowest BCUT2D eigenvalue weighted by molar-refractivity contribution is -0.383. The molecule has 0 radical (unpaired) electrons. The standard InChI is InChI=1S/C12H18N2O4S3/c1-8(2)10-7-13(4-5-19-10)12-9(14(15)16)6-11(20-12)21(3,17)18/h6,8,10H,4-5,7H2,1-3H3. The molecule has 1 aromatic rings. The fraction of sp³-hybridized carbons (Fsp3) is 0.667. The van der Waals surface area contributed by atoms with Crippen molar-refractivity contribution in [1.29, 1.82) is 0 Å². The first-order chi connectivity index (χ1) is 9.70. The first-order valence-corrected chi connectivity index (χ1v) is 10.3. The summed E-state index contributed by atoms with van der Waals surface area (Å²) in [7, 11) is -3.42. The molecule has 1 saturated heterocycles. The van der Waals surface area contributed by atoms with Crippen LogP contribution in [0.5, 0.6) is 0 Å². The zero-order valence-corrected chi connectivity index (χ0v) is 14.6. The first-order valence-electron chi connectivity index (χ1n) is 6.55. The van der Waals surface area contributed by atoms with E-state index in [4.69, 9.17) is 0 Å². The van der Waals surface area contributed by atoms with Gasteiger partial charge in [0.15, 0.2) is 14.8 Å². The van der Waals surface area contributed by atoms with E-state index in [9.17, 15) is 18.5 Å². The lowest BCUT2D eigenvalue weighted by Crippen LogP contribution is -2.39. The Bertz CT molecular complexity index is 639. The molecular weight excluding hydrogens is 332 g/mol. The van der Waals surface area contributed by atoms with Gasteiger partial charge in [0.2, 0.25) is 0 Å². The smallest absolute Gasteiger partial charge is 0.305 e. The fourth-order valence-electron chi connectivity index (χ4n) is 2.15. The molecule has 2 heterocycles. The maximum absolute atomic E-state index is 11.6. The second kappa shape index (κ2) is 6.13. The molecule has 1 atom stereocenters. The highest BCUT2D eigenvalue weighted by atomic mass is 32.2. The molecule has 21 heavy (non-hydrogen) atoms. The lowest BCUT2D eigenvalue weighted by Gasteiger charge is -2.34. The normalized spacial score (nSPS) is 20.0. The Morgan fingerprint density at radius 1 is 1.48 bits per heavy atom. The molecule has 0 aromatic carbocycles. The van der Waals surface area contributed by atoms with Crippen molar-refractivity contribution in [3.8, 4) is 0 Å². The van der Waals surface area contributed by atoms with Gasteiger partial charge in [-0.1, -0.05) is 25.2 Å². The fourth-order valence-corrected chi connectivity index (χ4v) is 5.51. The van der Waals surface area contributed by atoms with Gasteiger partial charge in [-0.05, 0) is 5.92 Å². The number of thiophene rings is 1. The van der Waals surface area contributed by atoms with Crippen LogP contribution in [-0.4, -0.2) is 43.7 Å². The van der Waals surface area contributed by atoms with Gasteiger partial charge in [-0.15, -0.1) is 0 Å². The van der Waals surface area contributed by atoms with Gasteiger partial charge in [-0.3, -0.25) is 10.1 Å². The first kappa shape index (κ1) is 16.6. The Morgan fingerprint density at radius 3 is 2.67 bits per heavy atom. The Hall–Kier alpha value is -0.800. The van der Waals surface area contributed by atoms with Crippen molar-refractivity contribution in [3.05, 3.63) is 16.2 Å². The quantitative estimate of drug-likeness (QED) is 0.613. The van der Waals surface area contributed by atoms with E-state index in [1.807, 2.05) is 16.7 Å². The maximum Gasteiger partial charge on any atom is 0.305 e. The van der Waals surface area contributed by atoms with Crippen molar-refractivity contribution in [1.82, 2.24) is 0 Å². The summed E-state index contributed by atoms with van der Waals surface area (Å²) in [5.74, 6) is 1.37. The van der Waals surface area contributed by atoms with Gasteiger partial charge in [-0.25, -0.2) is 8.42 Å². The summed E-state index contributed by atoms with van der Waals surface area (Å²) in [6.07, 6.45) is 1.08. The molecule has 6 nitrogen and oxygen atoms in total. The van der Waals surface area contributed by atoms with E-state index < -0.39 is 14.8 Å². The third-order valence-electron chi connectivity index (χ3n) is 3.36. The molecule has 9 heteroatoms. The van der Waals surface area contributed by atoms with Crippen LogP contribution in [0, 0.1) is 16.0 Å². The number of anilines is 1. The molecule has 1 aliphatic rings. The van der Waals surface area contributed by atoms with Crippen LogP contribution in [0.2, 0.25) is 0 Å². The maximum atomic E-state index is 11.6. The topological polar surface area (TPSA) is 80.5 Å². The molecule has 1 unspecified atom stereocenters. The molecular formula is C12H18N2O4S3. The van der Waals surface area contributed by atoms with Crippen molar-refractivity contribution < 1.29 is 13.3 Å². The Morgan fingerprint density at radius 2 is 2.14 bits per heavy atom. The van der Waals surface area contributed by atoms with Crippen LogP contribution < -0.4 is 4.90 Å². The van der Waals surface area contributed by atoms with Gasteiger partial charge in [0.25, 0.3) is 0 Å². The highest BCUT2D eigenvalue weighted by molar-refractivity contribution is 8.00. The minimum Gasteiger partial charge on any atom is -0.356 e.